The van der Waals surface area contributed by atoms with Crippen LogP contribution in [0.15, 0.2) is 24.3 Å². The van der Waals surface area contributed by atoms with Crippen LogP contribution in [-0.4, -0.2) is 10.7 Å². The Morgan fingerprint density at radius 2 is 2.08 bits per heavy atom. The molecule has 0 aliphatic heterocycles. The van der Waals surface area contributed by atoms with Gasteiger partial charge in [0.25, 0.3) is 0 Å². The van der Waals surface area contributed by atoms with E-state index in [1.165, 1.54) is 0 Å². The summed E-state index contributed by atoms with van der Waals surface area (Å²) in [6.07, 6.45) is 9.77. The molecule has 64 valence electrons. The first kappa shape index (κ1) is 6.90. The van der Waals surface area contributed by atoms with Crippen LogP contribution >= 0.6 is 0 Å². The molecule has 0 radical (unpaired) electrons. The second-order valence-corrected chi connectivity index (χ2v) is 4.68. The highest BCUT2D eigenvalue weighted by molar-refractivity contribution is 5.28. The number of rotatable bonds is 0. The number of fused-ring (bicyclic) bond motifs is 1. The maximum absolute atomic E-state index is 10.1. The highest BCUT2D eigenvalue weighted by atomic mass is 16.3. The van der Waals surface area contributed by atoms with E-state index in [9.17, 15) is 5.11 Å². The van der Waals surface area contributed by atoms with Gasteiger partial charge in [0.15, 0.2) is 0 Å². The van der Waals surface area contributed by atoms with Gasteiger partial charge in [-0.15, -0.1) is 0 Å². The van der Waals surface area contributed by atoms with Crippen molar-refractivity contribution >= 4 is 0 Å². The normalized spacial score (nSPS) is 59.8. The molecule has 1 heteroatoms. The SMILES string of the molecule is C[C@]1(O)C[C@@H]2C=CC=C[C@@H]3[C@@H]2[C@H]31. The van der Waals surface area contributed by atoms with E-state index in [1.807, 2.05) is 6.92 Å². The Hall–Kier alpha value is -0.560. The summed E-state index contributed by atoms with van der Waals surface area (Å²) in [7, 11) is 0. The third kappa shape index (κ3) is 0.680. The van der Waals surface area contributed by atoms with E-state index in [0.29, 0.717) is 17.8 Å². The van der Waals surface area contributed by atoms with Crippen molar-refractivity contribution in [2.75, 3.05) is 0 Å². The summed E-state index contributed by atoms with van der Waals surface area (Å²) in [5.41, 5.74) is -0.390. The lowest BCUT2D eigenvalue weighted by atomic mass is 9.92. The van der Waals surface area contributed by atoms with E-state index in [0.717, 1.165) is 12.3 Å². The van der Waals surface area contributed by atoms with Crippen molar-refractivity contribution in [3.05, 3.63) is 24.3 Å². The van der Waals surface area contributed by atoms with Gasteiger partial charge >= 0.3 is 0 Å². The summed E-state index contributed by atoms with van der Waals surface area (Å²) >= 11 is 0. The number of hydrogen-bond donors (Lipinski definition) is 1. The first-order valence-corrected chi connectivity index (χ1v) is 4.77. The topological polar surface area (TPSA) is 20.2 Å². The van der Waals surface area contributed by atoms with Gasteiger partial charge in [-0.1, -0.05) is 24.3 Å². The zero-order valence-electron chi connectivity index (χ0n) is 7.27. The van der Waals surface area contributed by atoms with Gasteiger partial charge < -0.3 is 5.11 Å². The first-order chi connectivity index (χ1) is 5.70. The van der Waals surface area contributed by atoms with E-state index in [1.54, 1.807) is 0 Å². The second-order valence-electron chi connectivity index (χ2n) is 4.68. The molecule has 3 rings (SSSR count). The summed E-state index contributed by atoms with van der Waals surface area (Å²) in [4.78, 5) is 0. The van der Waals surface area contributed by atoms with Crippen LogP contribution in [0.1, 0.15) is 13.3 Å². The van der Waals surface area contributed by atoms with E-state index in [-0.39, 0.29) is 5.60 Å². The van der Waals surface area contributed by atoms with Crippen LogP contribution in [0.2, 0.25) is 0 Å². The smallest absolute Gasteiger partial charge is 0.0662 e. The van der Waals surface area contributed by atoms with Crippen LogP contribution in [0.3, 0.4) is 0 Å². The Morgan fingerprint density at radius 1 is 1.33 bits per heavy atom. The van der Waals surface area contributed by atoms with Gasteiger partial charge in [-0.05, 0) is 37.0 Å². The number of hydrogen-bond acceptors (Lipinski definition) is 1. The fraction of sp³-hybridized carbons (Fsp3) is 0.636. The quantitative estimate of drug-likeness (QED) is 0.575. The van der Waals surface area contributed by atoms with Crippen molar-refractivity contribution in [1.29, 1.82) is 0 Å². The summed E-state index contributed by atoms with van der Waals surface area (Å²) in [6.45, 7) is 2.00. The molecule has 0 unspecified atom stereocenters. The molecule has 5 atom stereocenters. The van der Waals surface area contributed by atoms with Gasteiger partial charge in [-0.2, -0.15) is 0 Å². The fourth-order valence-electron chi connectivity index (χ4n) is 3.33. The van der Waals surface area contributed by atoms with Crippen LogP contribution in [0, 0.1) is 23.7 Å². The van der Waals surface area contributed by atoms with E-state index < -0.39 is 0 Å². The van der Waals surface area contributed by atoms with Gasteiger partial charge in [-0.25, -0.2) is 0 Å². The lowest BCUT2D eigenvalue weighted by molar-refractivity contribution is 0.0362. The molecule has 0 spiro atoms. The maximum Gasteiger partial charge on any atom is 0.0662 e. The summed E-state index contributed by atoms with van der Waals surface area (Å²) in [6, 6.07) is 0. The molecule has 0 saturated heterocycles. The molecule has 3 aliphatic carbocycles. The lowest BCUT2D eigenvalue weighted by Gasteiger charge is -2.21. The minimum absolute atomic E-state index is 0.390. The van der Waals surface area contributed by atoms with Crippen molar-refractivity contribution < 1.29 is 5.11 Å². The minimum atomic E-state index is -0.390. The molecular formula is C11H14O. The van der Waals surface area contributed by atoms with Gasteiger partial charge in [0, 0.05) is 0 Å². The third-order valence-corrected chi connectivity index (χ3v) is 3.80. The summed E-state index contributed by atoms with van der Waals surface area (Å²) in [5, 5.41) is 10.1. The molecule has 2 saturated carbocycles. The van der Waals surface area contributed by atoms with Crippen molar-refractivity contribution in [1.82, 2.24) is 0 Å². The van der Waals surface area contributed by atoms with Crippen molar-refractivity contribution in [3.63, 3.8) is 0 Å². The van der Waals surface area contributed by atoms with Crippen molar-refractivity contribution in [3.8, 4) is 0 Å². The first-order valence-electron chi connectivity index (χ1n) is 4.77. The highest BCUT2D eigenvalue weighted by Crippen LogP contribution is 2.66. The minimum Gasteiger partial charge on any atom is -0.390 e. The zero-order chi connectivity index (χ0) is 8.34. The van der Waals surface area contributed by atoms with Crippen LogP contribution in [0.4, 0.5) is 0 Å². The Morgan fingerprint density at radius 3 is 2.92 bits per heavy atom. The molecule has 2 fully saturated rings. The Balaban J connectivity index is 2.00. The number of aliphatic hydroxyl groups is 1. The Labute approximate surface area is 72.8 Å². The molecule has 0 heterocycles. The van der Waals surface area contributed by atoms with Crippen LogP contribution in [0.5, 0.6) is 0 Å². The molecule has 3 aliphatic rings. The van der Waals surface area contributed by atoms with Gasteiger partial charge in [0.05, 0.1) is 5.60 Å². The lowest BCUT2D eigenvalue weighted by Crippen LogP contribution is -2.26. The third-order valence-electron chi connectivity index (χ3n) is 3.80. The van der Waals surface area contributed by atoms with Crippen molar-refractivity contribution in [2.24, 2.45) is 23.7 Å². The standard InChI is InChI=1S/C11H14O/c1-11(12)6-7-4-2-3-5-8-9(7)10(8)11/h2-5,7-10,12H,6H2,1H3/t7-,8+,9+,10-,11-/m0/s1. The Bertz CT molecular complexity index is 275. The van der Waals surface area contributed by atoms with E-state index in [2.05, 4.69) is 24.3 Å². The number of allylic oxidation sites excluding steroid dienone is 4. The fourth-order valence-corrected chi connectivity index (χ4v) is 3.33. The average molecular weight is 162 g/mol. The van der Waals surface area contributed by atoms with Gasteiger partial charge in [0.2, 0.25) is 0 Å². The van der Waals surface area contributed by atoms with Crippen molar-refractivity contribution in [2.45, 2.75) is 18.9 Å². The predicted molar refractivity (Wildman–Crippen MR) is 47.5 cm³/mol. The molecule has 1 N–H and O–H groups in total. The maximum atomic E-state index is 10.1. The Kier molecular flexibility index (Phi) is 1.06. The van der Waals surface area contributed by atoms with Crippen LogP contribution in [0.25, 0.3) is 0 Å². The molecule has 12 heavy (non-hydrogen) atoms. The highest BCUT2D eigenvalue weighted by Gasteiger charge is 2.65. The van der Waals surface area contributed by atoms with Crippen LogP contribution < -0.4 is 0 Å². The van der Waals surface area contributed by atoms with Gasteiger partial charge in [-0.3, -0.25) is 0 Å². The summed E-state index contributed by atoms with van der Waals surface area (Å²) in [5.74, 6) is 2.64. The molecule has 0 aromatic carbocycles. The molecular weight excluding hydrogens is 148 g/mol. The summed E-state index contributed by atoms with van der Waals surface area (Å²) < 4.78 is 0. The zero-order valence-corrected chi connectivity index (χ0v) is 7.27. The molecule has 0 aromatic heterocycles. The monoisotopic (exact) mass is 162 g/mol. The predicted octanol–water partition coefficient (Wildman–Crippen LogP) is 1.75. The van der Waals surface area contributed by atoms with E-state index >= 15 is 0 Å². The average Bonchev–Trinajstić information content (AvgIpc) is 2.62. The van der Waals surface area contributed by atoms with Crippen LogP contribution in [-0.2, 0) is 0 Å². The van der Waals surface area contributed by atoms with Gasteiger partial charge in [0.1, 0.15) is 0 Å². The molecule has 0 amide bonds. The molecule has 0 aromatic rings. The molecule has 1 nitrogen and oxygen atoms in total. The molecule has 0 bridgehead atoms. The van der Waals surface area contributed by atoms with E-state index in [4.69, 9.17) is 0 Å². The largest absolute Gasteiger partial charge is 0.390 e. The second kappa shape index (κ2) is 1.85.